The molecule has 0 spiro atoms. The number of carbonyl (C=O) groups is 3. The van der Waals surface area contributed by atoms with Crippen LogP contribution < -0.4 is 30.3 Å². The van der Waals surface area contributed by atoms with Crippen LogP contribution in [0, 0.1) is 5.92 Å². The maximum absolute atomic E-state index is 14.3. The number of benzene rings is 3. The van der Waals surface area contributed by atoms with Gasteiger partial charge in [0.25, 0.3) is 0 Å². The number of hydrogen-bond donors (Lipinski definition) is 1. The summed E-state index contributed by atoms with van der Waals surface area (Å²) >= 11 is 1.40. The fourth-order valence-electron chi connectivity index (χ4n) is 7.48. The Kier molecular flexibility index (Phi) is 6.19. The summed E-state index contributed by atoms with van der Waals surface area (Å²) in [6, 6.07) is 19.3. The van der Waals surface area contributed by atoms with E-state index < -0.39 is 11.5 Å². The zero-order valence-corrected chi connectivity index (χ0v) is 26.9. The van der Waals surface area contributed by atoms with E-state index in [9.17, 15) is 14.4 Å². The van der Waals surface area contributed by atoms with Gasteiger partial charge >= 0.3 is 0 Å². The second kappa shape index (κ2) is 10.4. The van der Waals surface area contributed by atoms with Crippen molar-refractivity contribution < 1.29 is 19.1 Å². The number of thiazole rings is 1. The van der Waals surface area contributed by atoms with E-state index in [0.717, 1.165) is 49.0 Å². The van der Waals surface area contributed by atoms with Gasteiger partial charge in [-0.05, 0) is 52.3 Å². The van der Waals surface area contributed by atoms with Crippen molar-refractivity contribution >= 4 is 57.6 Å². The molecule has 4 heterocycles. The molecule has 2 aliphatic heterocycles. The highest BCUT2D eigenvalue weighted by Gasteiger charge is 2.50. The summed E-state index contributed by atoms with van der Waals surface area (Å²) in [5, 5.41) is 5.16. The fourth-order valence-corrected chi connectivity index (χ4v) is 8.38. The van der Waals surface area contributed by atoms with Crippen molar-refractivity contribution in [3.05, 3.63) is 99.6 Å². The third-order valence-corrected chi connectivity index (χ3v) is 10.7. The number of aromatic nitrogens is 3. The summed E-state index contributed by atoms with van der Waals surface area (Å²) in [5.41, 5.74) is 4.55. The molecule has 0 bridgehead atoms. The van der Waals surface area contributed by atoms with Gasteiger partial charge in [0.1, 0.15) is 29.9 Å². The molecular formula is C37H28N6O4S. The molecule has 3 aromatic carbocycles. The predicted octanol–water partition coefficient (Wildman–Crippen LogP) is 4.27. The molecule has 10 nitrogen and oxygen atoms in total. The first-order valence-electron chi connectivity index (χ1n) is 15.7. The van der Waals surface area contributed by atoms with E-state index >= 15 is 0 Å². The van der Waals surface area contributed by atoms with E-state index in [1.165, 1.54) is 17.7 Å². The number of rotatable bonds is 4. The van der Waals surface area contributed by atoms with Crippen molar-refractivity contribution in [1.82, 2.24) is 15.0 Å². The third kappa shape index (κ3) is 4.10. The Morgan fingerprint density at radius 3 is 2.67 bits per heavy atom. The maximum Gasteiger partial charge on any atom is 0.245 e. The zero-order valence-electron chi connectivity index (χ0n) is 26.1. The predicted molar refractivity (Wildman–Crippen MR) is 183 cm³/mol. The number of nitrogens with one attached hydrogen (secondary N) is 1. The topological polar surface area (TPSA) is 118 Å². The Balaban J connectivity index is 1.05. The number of fused-ring (bicyclic) bond motifs is 9. The standard InChI is InChI=1S/C37H28N6O4S/c1-20-13-26-25-14-29(44)23-8-4-3-7-21(23)22(25)11-12-27(26)37(2,34(20)46)43-19-42(28-15-38-18-39-35(28)43)16-32(45)40-36-41-33-24-9-5-6-10-30(24)47-17-31(33)48-36/h3-15,18,20H,16-17,19H2,1-2H3,(H,40,41,45). The van der Waals surface area contributed by atoms with Crippen molar-refractivity contribution in [2.24, 2.45) is 5.92 Å². The Morgan fingerprint density at radius 1 is 1.02 bits per heavy atom. The number of ether oxygens (including phenoxy) is 1. The quantitative estimate of drug-likeness (QED) is 0.304. The van der Waals surface area contributed by atoms with Crippen LogP contribution in [0.4, 0.5) is 16.6 Å². The van der Waals surface area contributed by atoms with Gasteiger partial charge in [0, 0.05) is 17.0 Å². The molecule has 48 heavy (non-hydrogen) atoms. The van der Waals surface area contributed by atoms with Crippen molar-refractivity contribution in [3.63, 3.8) is 0 Å². The molecule has 0 saturated carbocycles. The number of amides is 1. The van der Waals surface area contributed by atoms with Crippen LogP contribution in [0.5, 0.6) is 5.75 Å². The lowest BCUT2D eigenvalue weighted by atomic mass is 9.73. The number of carbonyl (C=O) groups excluding carboxylic acids is 3. The van der Waals surface area contributed by atoms with Crippen LogP contribution in [0.1, 0.15) is 34.6 Å². The molecule has 2 aliphatic carbocycles. The van der Waals surface area contributed by atoms with Crippen LogP contribution >= 0.6 is 11.3 Å². The molecule has 0 radical (unpaired) electrons. The number of para-hydroxylation sites is 1. The van der Waals surface area contributed by atoms with Gasteiger partial charge < -0.3 is 19.9 Å². The molecule has 2 atom stereocenters. The summed E-state index contributed by atoms with van der Waals surface area (Å²) in [5.74, 6) is 0.605. The molecule has 1 N–H and O–H groups in total. The van der Waals surface area contributed by atoms with Crippen LogP contribution in [0.2, 0.25) is 0 Å². The minimum Gasteiger partial charge on any atom is -0.487 e. The van der Waals surface area contributed by atoms with E-state index in [4.69, 9.17) is 9.72 Å². The van der Waals surface area contributed by atoms with Crippen molar-refractivity contribution in [1.29, 1.82) is 0 Å². The van der Waals surface area contributed by atoms with Gasteiger partial charge in [-0.25, -0.2) is 15.0 Å². The number of ketones is 2. The Hall–Kier alpha value is -5.68. The van der Waals surface area contributed by atoms with Crippen LogP contribution in [0.15, 0.2) is 73.2 Å². The summed E-state index contributed by atoms with van der Waals surface area (Å²) in [6.07, 6.45) is 6.79. The monoisotopic (exact) mass is 652 g/mol. The Morgan fingerprint density at radius 2 is 1.81 bits per heavy atom. The average Bonchev–Trinajstić information content (AvgIpc) is 3.69. The van der Waals surface area contributed by atoms with Gasteiger partial charge in [-0.3, -0.25) is 14.4 Å². The average molecular weight is 653 g/mol. The molecule has 0 saturated heterocycles. The van der Waals surface area contributed by atoms with E-state index in [1.54, 1.807) is 12.3 Å². The lowest BCUT2D eigenvalue weighted by Crippen LogP contribution is -2.59. The Labute approximate surface area is 279 Å². The van der Waals surface area contributed by atoms with Crippen LogP contribution in [0.25, 0.3) is 34.5 Å². The van der Waals surface area contributed by atoms with Crippen molar-refractivity contribution in [2.45, 2.75) is 26.0 Å². The van der Waals surface area contributed by atoms with Gasteiger partial charge in [-0.15, -0.1) is 0 Å². The first-order chi connectivity index (χ1) is 23.3. The molecule has 0 fully saturated rings. The van der Waals surface area contributed by atoms with Crippen molar-refractivity contribution in [3.8, 4) is 28.1 Å². The first kappa shape index (κ1) is 28.5. The highest BCUT2D eigenvalue weighted by Crippen LogP contribution is 2.44. The molecule has 236 valence electrons. The SMILES string of the molecule is CC1C=c2c(ccc3c2=CC(=O)c2ccccc2-3)C(C)(N2CN(CC(=O)Nc3nc4c(s3)COc3ccccc3-4)c3cncnc32)C1=O. The van der Waals surface area contributed by atoms with Crippen LogP contribution in [-0.2, 0) is 21.7 Å². The summed E-state index contributed by atoms with van der Waals surface area (Å²) in [6.45, 7) is 4.43. The third-order valence-electron chi connectivity index (χ3n) is 9.78. The minimum absolute atomic E-state index is 0.00371. The summed E-state index contributed by atoms with van der Waals surface area (Å²) in [4.78, 5) is 59.4. The highest BCUT2D eigenvalue weighted by atomic mass is 32.1. The second-order valence-electron chi connectivity index (χ2n) is 12.6. The van der Waals surface area contributed by atoms with Gasteiger partial charge in [0.05, 0.1) is 30.0 Å². The summed E-state index contributed by atoms with van der Waals surface area (Å²) < 4.78 is 5.87. The minimum atomic E-state index is -1.14. The molecule has 1 amide bonds. The molecule has 4 aliphatic rings. The number of Topliss-reactive ketones (excluding diaryl/α,β-unsaturated/α-hetero) is 2. The Bertz CT molecular complexity index is 2370. The van der Waals surface area contributed by atoms with Gasteiger partial charge in [0.15, 0.2) is 22.5 Å². The maximum atomic E-state index is 14.3. The molecule has 9 rings (SSSR count). The molecule has 2 aromatic heterocycles. The van der Waals surface area contributed by atoms with E-state index in [2.05, 4.69) is 15.3 Å². The van der Waals surface area contributed by atoms with Gasteiger partial charge in [-0.2, -0.15) is 0 Å². The smallest absolute Gasteiger partial charge is 0.245 e. The normalized spacial score (nSPS) is 19.8. The lowest BCUT2D eigenvalue weighted by molar-refractivity contribution is -0.126. The van der Waals surface area contributed by atoms with Gasteiger partial charge in [-0.1, -0.05) is 72.9 Å². The number of anilines is 3. The molecule has 2 unspecified atom stereocenters. The lowest BCUT2D eigenvalue weighted by Gasteiger charge is -2.42. The van der Waals surface area contributed by atoms with E-state index in [-0.39, 0.29) is 30.7 Å². The number of hydrogen-bond acceptors (Lipinski definition) is 10. The van der Waals surface area contributed by atoms with Crippen LogP contribution in [0.3, 0.4) is 0 Å². The van der Waals surface area contributed by atoms with Gasteiger partial charge in [0.2, 0.25) is 5.91 Å². The zero-order chi connectivity index (χ0) is 32.7. The largest absolute Gasteiger partial charge is 0.487 e. The van der Waals surface area contributed by atoms with E-state index in [0.29, 0.717) is 28.8 Å². The molecular weight excluding hydrogens is 625 g/mol. The van der Waals surface area contributed by atoms with Crippen molar-refractivity contribution in [2.75, 3.05) is 28.3 Å². The summed E-state index contributed by atoms with van der Waals surface area (Å²) in [7, 11) is 0. The van der Waals surface area contributed by atoms with Crippen LogP contribution in [-0.4, -0.2) is 45.6 Å². The molecule has 5 aromatic rings. The number of nitrogens with zero attached hydrogens (tertiary/aromatic N) is 5. The first-order valence-corrected chi connectivity index (χ1v) is 16.5. The molecule has 11 heteroatoms. The highest BCUT2D eigenvalue weighted by molar-refractivity contribution is 7.16. The fraction of sp³-hybridized carbons (Fsp3) is 0.189. The van der Waals surface area contributed by atoms with E-state index in [1.807, 2.05) is 90.4 Å². The second-order valence-corrected chi connectivity index (χ2v) is 13.6.